The van der Waals surface area contributed by atoms with Gasteiger partial charge >= 0.3 is 0 Å². The summed E-state index contributed by atoms with van der Waals surface area (Å²) >= 11 is 0. The van der Waals surface area contributed by atoms with Crippen LogP contribution in [0, 0.1) is 0 Å². The van der Waals surface area contributed by atoms with Gasteiger partial charge in [-0.1, -0.05) is 30.3 Å². The van der Waals surface area contributed by atoms with Gasteiger partial charge in [-0.3, -0.25) is 14.6 Å². The lowest BCUT2D eigenvalue weighted by Gasteiger charge is -2.20. The number of H-pyrrole nitrogens is 1. The number of carbonyl (C=O) groups excluding carboxylic acids is 1. The van der Waals surface area contributed by atoms with Crippen LogP contribution in [0.1, 0.15) is 16.8 Å². The number of rotatable bonds is 5. The predicted molar refractivity (Wildman–Crippen MR) is 108 cm³/mol. The van der Waals surface area contributed by atoms with Crippen LogP contribution in [0.15, 0.2) is 59.7 Å². The largest absolute Gasteiger partial charge is 0.367 e. The molecule has 1 amide bonds. The number of hydrogen-bond acceptors (Lipinski definition) is 5. The predicted octanol–water partition coefficient (Wildman–Crippen LogP) is 1.98. The molecule has 148 valence electrons. The van der Waals surface area contributed by atoms with Crippen molar-refractivity contribution < 1.29 is 9.53 Å². The Labute approximate surface area is 168 Å². The molecule has 29 heavy (non-hydrogen) atoms. The van der Waals surface area contributed by atoms with Crippen LogP contribution in [0.2, 0.25) is 0 Å². The molecule has 0 atom stereocenters. The summed E-state index contributed by atoms with van der Waals surface area (Å²) in [6, 6.07) is 13.4. The molecule has 1 aliphatic rings. The molecule has 1 N–H and O–H groups in total. The molecular formula is C22H22N4O3. The maximum atomic E-state index is 12.6. The fraction of sp³-hybridized carbons (Fsp3) is 0.273. The highest BCUT2D eigenvalue weighted by Gasteiger charge is 2.22. The Bertz CT molecular complexity index is 1030. The monoisotopic (exact) mass is 390 g/mol. The summed E-state index contributed by atoms with van der Waals surface area (Å²) < 4.78 is 5.57. The van der Waals surface area contributed by atoms with Crippen LogP contribution in [0.5, 0.6) is 0 Å². The first-order valence-electron chi connectivity index (χ1n) is 9.62. The molecule has 0 saturated carbocycles. The van der Waals surface area contributed by atoms with Gasteiger partial charge in [-0.25, -0.2) is 4.98 Å². The van der Waals surface area contributed by atoms with E-state index in [-0.39, 0.29) is 18.1 Å². The van der Waals surface area contributed by atoms with Gasteiger partial charge in [0.25, 0.3) is 5.56 Å². The third-order valence-electron chi connectivity index (χ3n) is 4.98. The average molecular weight is 390 g/mol. The van der Waals surface area contributed by atoms with Crippen molar-refractivity contribution in [3.8, 4) is 11.4 Å². The molecule has 3 aromatic rings. The molecular weight excluding hydrogens is 368 g/mol. The highest BCUT2D eigenvalue weighted by molar-refractivity contribution is 5.77. The zero-order chi connectivity index (χ0) is 20.1. The highest BCUT2D eigenvalue weighted by Crippen LogP contribution is 2.16. The lowest BCUT2D eigenvalue weighted by Crippen LogP contribution is -2.36. The zero-order valence-corrected chi connectivity index (χ0v) is 16.0. The Balaban J connectivity index is 1.40. The Hall–Kier alpha value is -3.32. The van der Waals surface area contributed by atoms with Crippen molar-refractivity contribution in [2.24, 2.45) is 0 Å². The lowest BCUT2D eigenvalue weighted by atomic mass is 10.1. The summed E-state index contributed by atoms with van der Waals surface area (Å²) in [4.78, 5) is 38.4. The van der Waals surface area contributed by atoms with Crippen LogP contribution >= 0.6 is 0 Å². The molecule has 1 aromatic carbocycles. The summed E-state index contributed by atoms with van der Waals surface area (Å²) in [5.74, 6) is 0.436. The minimum Gasteiger partial charge on any atom is -0.367 e. The number of carbonyl (C=O) groups is 1. The second-order valence-electron chi connectivity index (χ2n) is 6.94. The molecule has 2 aromatic heterocycles. The van der Waals surface area contributed by atoms with Crippen LogP contribution in [0.4, 0.5) is 0 Å². The molecule has 0 radical (unpaired) electrons. The maximum absolute atomic E-state index is 12.6. The van der Waals surface area contributed by atoms with Crippen molar-refractivity contribution in [2.45, 2.75) is 19.4 Å². The number of fused-ring (bicyclic) bond motifs is 1. The van der Waals surface area contributed by atoms with E-state index in [9.17, 15) is 9.59 Å². The van der Waals surface area contributed by atoms with E-state index in [0.717, 1.165) is 16.8 Å². The molecule has 4 rings (SSSR count). The molecule has 0 aliphatic carbocycles. The summed E-state index contributed by atoms with van der Waals surface area (Å²) in [6.45, 7) is 1.42. The molecule has 0 fully saturated rings. The third-order valence-corrected chi connectivity index (χ3v) is 4.98. The Morgan fingerprint density at radius 2 is 1.93 bits per heavy atom. The Kier molecular flexibility index (Phi) is 5.76. The summed E-state index contributed by atoms with van der Waals surface area (Å²) in [5.41, 5.74) is 3.04. The SMILES string of the molecule is O=C(COCc1ccccc1)N1CCc2nc(-c3cccnc3)[nH]c(=O)c2CC1. The van der Waals surface area contributed by atoms with Crippen molar-refractivity contribution >= 4 is 5.91 Å². The van der Waals surface area contributed by atoms with Crippen LogP contribution in [-0.2, 0) is 29.0 Å². The van der Waals surface area contributed by atoms with Crippen LogP contribution in [0.25, 0.3) is 11.4 Å². The van der Waals surface area contributed by atoms with Crippen LogP contribution < -0.4 is 5.56 Å². The van der Waals surface area contributed by atoms with Gasteiger partial charge in [-0.15, -0.1) is 0 Å². The van der Waals surface area contributed by atoms with Crippen LogP contribution in [-0.4, -0.2) is 45.5 Å². The van der Waals surface area contributed by atoms with Gasteiger partial charge in [0.15, 0.2) is 0 Å². The standard InChI is InChI=1S/C22H22N4O3/c27-20(15-29-14-16-5-2-1-3-6-16)26-11-8-18-19(9-12-26)24-21(25-22(18)28)17-7-4-10-23-13-17/h1-7,10,13H,8-9,11-12,14-15H2,(H,24,25,28). The zero-order valence-electron chi connectivity index (χ0n) is 16.0. The number of benzene rings is 1. The Morgan fingerprint density at radius 3 is 2.72 bits per heavy atom. The number of aromatic nitrogens is 3. The van der Waals surface area contributed by atoms with Gasteiger partial charge in [0.05, 0.1) is 12.3 Å². The number of pyridine rings is 1. The van der Waals surface area contributed by atoms with Gasteiger partial charge in [-0.2, -0.15) is 0 Å². The number of hydrogen-bond donors (Lipinski definition) is 1. The van der Waals surface area contributed by atoms with E-state index >= 15 is 0 Å². The number of aromatic amines is 1. The molecule has 0 spiro atoms. The minimum atomic E-state index is -0.150. The lowest BCUT2D eigenvalue weighted by molar-refractivity contribution is -0.136. The maximum Gasteiger partial charge on any atom is 0.254 e. The second-order valence-corrected chi connectivity index (χ2v) is 6.94. The minimum absolute atomic E-state index is 0.0238. The summed E-state index contributed by atoms with van der Waals surface area (Å²) in [7, 11) is 0. The molecule has 3 heterocycles. The topological polar surface area (TPSA) is 88.2 Å². The van der Waals surface area contributed by atoms with Crippen molar-refractivity contribution in [1.82, 2.24) is 19.9 Å². The number of ether oxygens (including phenoxy) is 1. The molecule has 1 aliphatic heterocycles. The van der Waals surface area contributed by atoms with E-state index in [4.69, 9.17) is 4.74 Å². The van der Waals surface area contributed by atoms with Crippen molar-refractivity contribution in [2.75, 3.05) is 19.7 Å². The third kappa shape index (κ3) is 4.57. The first kappa shape index (κ1) is 19.0. The molecule has 7 nitrogen and oxygen atoms in total. The van der Waals surface area contributed by atoms with Gasteiger partial charge in [0.2, 0.25) is 5.91 Å². The first-order valence-corrected chi connectivity index (χ1v) is 9.62. The van der Waals surface area contributed by atoms with Gasteiger partial charge in [0, 0.05) is 43.0 Å². The van der Waals surface area contributed by atoms with E-state index in [1.165, 1.54) is 0 Å². The normalized spacial score (nSPS) is 13.6. The molecule has 7 heteroatoms. The number of nitrogens with zero attached hydrogens (tertiary/aromatic N) is 3. The molecule has 0 bridgehead atoms. The van der Waals surface area contributed by atoms with E-state index in [0.29, 0.717) is 43.9 Å². The van der Waals surface area contributed by atoms with E-state index in [1.807, 2.05) is 36.4 Å². The van der Waals surface area contributed by atoms with Crippen LogP contribution in [0.3, 0.4) is 0 Å². The second kappa shape index (κ2) is 8.79. The van der Waals surface area contributed by atoms with E-state index in [1.54, 1.807) is 23.4 Å². The highest BCUT2D eigenvalue weighted by atomic mass is 16.5. The van der Waals surface area contributed by atoms with E-state index < -0.39 is 0 Å². The average Bonchev–Trinajstić information content (AvgIpc) is 2.98. The first-order chi connectivity index (χ1) is 14.2. The van der Waals surface area contributed by atoms with Crippen molar-refractivity contribution in [3.63, 3.8) is 0 Å². The molecule has 0 saturated heterocycles. The Morgan fingerprint density at radius 1 is 1.10 bits per heavy atom. The fourth-order valence-corrected chi connectivity index (χ4v) is 3.42. The van der Waals surface area contributed by atoms with E-state index in [2.05, 4.69) is 15.0 Å². The fourth-order valence-electron chi connectivity index (χ4n) is 3.42. The number of nitrogens with one attached hydrogen (secondary N) is 1. The van der Waals surface area contributed by atoms with Crippen molar-refractivity contribution in [3.05, 3.63) is 82.0 Å². The summed E-state index contributed by atoms with van der Waals surface area (Å²) in [5, 5.41) is 0. The molecule has 0 unspecified atom stereocenters. The number of amides is 1. The quantitative estimate of drug-likeness (QED) is 0.720. The van der Waals surface area contributed by atoms with Gasteiger partial charge in [0.1, 0.15) is 12.4 Å². The smallest absolute Gasteiger partial charge is 0.254 e. The van der Waals surface area contributed by atoms with Crippen molar-refractivity contribution in [1.29, 1.82) is 0 Å². The van der Waals surface area contributed by atoms with Gasteiger partial charge < -0.3 is 14.6 Å². The van der Waals surface area contributed by atoms with Gasteiger partial charge in [-0.05, 0) is 24.1 Å². The summed E-state index contributed by atoms with van der Waals surface area (Å²) in [6.07, 6.45) is 4.36.